The topological polar surface area (TPSA) is 64.1 Å². The summed E-state index contributed by atoms with van der Waals surface area (Å²) in [5.41, 5.74) is 0.0926. The first kappa shape index (κ1) is 17.1. The minimum absolute atomic E-state index is 0.0926. The van der Waals surface area contributed by atoms with Gasteiger partial charge in [-0.05, 0) is 39.5 Å². The number of aliphatic hydroxyl groups is 1. The van der Waals surface area contributed by atoms with Crippen LogP contribution in [0.15, 0.2) is 0 Å². The van der Waals surface area contributed by atoms with Crippen molar-refractivity contribution < 1.29 is 13.5 Å². The van der Waals surface area contributed by atoms with E-state index < -0.39 is 10.2 Å². The van der Waals surface area contributed by atoms with Gasteiger partial charge in [-0.15, -0.1) is 0 Å². The molecule has 2 aliphatic rings. The summed E-state index contributed by atoms with van der Waals surface area (Å²) in [6, 6.07) is 0. The average molecular weight is 319 g/mol. The molecule has 1 N–H and O–H groups in total. The molecule has 0 unspecified atom stereocenters. The molecule has 2 heterocycles. The second-order valence-electron chi connectivity index (χ2n) is 7.09. The first-order valence-electron chi connectivity index (χ1n) is 7.86. The maximum Gasteiger partial charge on any atom is 0.282 e. The fourth-order valence-electron chi connectivity index (χ4n) is 3.08. The predicted octanol–water partition coefficient (Wildman–Crippen LogP) is 0.352. The molecule has 0 aromatic rings. The minimum atomic E-state index is -3.33. The van der Waals surface area contributed by atoms with E-state index in [1.54, 1.807) is 8.61 Å². The Morgan fingerprint density at radius 1 is 0.952 bits per heavy atom. The lowest BCUT2D eigenvalue weighted by Gasteiger charge is -2.43. The maximum atomic E-state index is 12.7. The molecule has 6 nitrogen and oxygen atoms in total. The number of nitrogens with zero attached hydrogens (tertiary/aromatic N) is 3. The van der Waals surface area contributed by atoms with Crippen molar-refractivity contribution in [1.29, 1.82) is 0 Å². The fourth-order valence-corrected chi connectivity index (χ4v) is 4.70. The molecule has 0 amide bonds. The highest BCUT2D eigenvalue weighted by Crippen LogP contribution is 2.23. The number of hydrogen-bond donors (Lipinski definition) is 1. The molecule has 0 aromatic heterocycles. The third-order valence-electron chi connectivity index (χ3n) is 4.67. The lowest BCUT2D eigenvalue weighted by molar-refractivity contribution is 0.0881. The molecule has 0 aliphatic carbocycles. The quantitative estimate of drug-likeness (QED) is 0.815. The van der Waals surface area contributed by atoms with Crippen LogP contribution in [0.2, 0.25) is 0 Å². The zero-order valence-corrected chi connectivity index (χ0v) is 14.3. The maximum absolute atomic E-state index is 12.7. The van der Waals surface area contributed by atoms with Crippen LogP contribution in [-0.2, 0) is 10.2 Å². The molecule has 0 bridgehead atoms. The van der Waals surface area contributed by atoms with Crippen LogP contribution in [0, 0.1) is 5.92 Å². The molecule has 2 rings (SSSR count). The third kappa shape index (κ3) is 3.96. The predicted molar refractivity (Wildman–Crippen MR) is 83.2 cm³/mol. The van der Waals surface area contributed by atoms with Crippen molar-refractivity contribution in [1.82, 2.24) is 13.5 Å². The van der Waals surface area contributed by atoms with Gasteiger partial charge in [0.25, 0.3) is 10.2 Å². The van der Waals surface area contributed by atoms with Crippen LogP contribution in [0.4, 0.5) is 0 Å². The van der Waals surface area contributed by atoms with E-state index in [2.05, 4.69) is 25.7 Å². The molecule has 0 atom stereocenters. The fraction of sp³-hybridized carbons (Fsp3) is 1.00. The molecule has 21 heavy (non-hydrogen) atoms. The highest BCUT2D eigenvalue weighted by molar-refractivity contribution is 7.86. The van der Waals surface area contributed by atoms with Gasteiger partial charge in [-0.3, -0.25) is 4.90 Å². The van der Waals surface area contributed by atoms with Gasteiger partial charge < -0.3 is 5.11 Å². The van der Waals surface area contributed by atoms with E-state index in [0.717, 1.165) is 25.9 Å². The van der Waals surface area contributed by atoms with Gasteiger partial charge in [0.15, 0.2) is 0 Å². The summed E-state index contributed by atoms with van der Waals surface area (Å²) >= 11 is 0. The van der Waals surface area contributed by atoms with Crippen LogP contribution in [-0.4, -0.2) is 78.4 Å². The second-order valence-corrected chi connectivity index (χ2v) is 9.02. The Balaban J connectivity index is 1.93. The summed E-state index contributed by atoms with van der Waals surface area (Å²) in [5, 5.41) is 9.15. The van der Waals surface area contributed by atoms with E-state index in [9.17, 15) is 8.42 Å². The van der Waals surface area contributed by atoms with Crippen LogP contribution >= 0.6 is 0 Å². The lowest BCUT2D eigenvalue weighted by Crippen LogP contribution is -2.57. The number of piperidine rings is 1. The van der Waals surface area contributed by atoms with E-state index in [4.69, 9.17) is 5.11 Å². The monoisotopic (exact) mass is 319 g/mol. The Hall–Kier alpha value is -0.210. The third-order valence-corrected chi connectivity index (χ3v) is 6.71. The zero-order valence-electron chi connectivity index (χ0n) is 13.5. The smallest absolute Gasteiger partial charge is 0.282 e. The Bertz CT molecular complexity index is 431. The SMILES string of the molecule is CC(C)(C)N1CCN(S(=O)(=O)N2CCC(CO)CC2)CC1. The van der Waals surface area contributed by atoms with Gasteiger partial charge in [0.1, 0.15) is 0 Å². The van der Waals surface area contributed by atoms with Crippen molar-refractivity contribution in [2.75, 3.05) is 45.9 Å². The first-order valence-corrected chi connectivity index (χ1v) is 9.26. The minimum Gasteiger partial charge on any atom is -0.396 e. The van der Waals surface area contributed by atoms with Crippen molar-refractivity contribution in [3.63, 3.8) is 0 Å². The zero-order chi connectivity index (χ0) is 15.7. The molecule has 7 heteroatoms. The lowest BCUT2D eigenvalue weighted by atomic mass is 10.00. The van der Waals surface area contributed by atoms with E-state index in [1.807, 2.05) is 0 Å². The van der Waals surface area contributed by atoms with Gasteiger partial charge >= 0.3 is 0 Å². The van der Waals surface area contributed by atoms with Gasteiger partial charge in [-0.25, -0.2) is 0 Å². The molecule has 2 saturated heterocycles. The second kappa shape index (κ2) is 6.50. The molecule has 0 spiro atoms. The van der Waals surface area contributed by atoms with E-state index in [0.29, 0.717) is 26.2 Å². The van der Waals surface area contributed by atoms with E-state index in [1.165, 1.54) is 0 Å². The molecular formula is C14H29N3O3S. The van der Waals surface area contributed by atoms with E-state index >= 15 is 0 Å². The van der Waals surface area contributed by atoms with Crippen molar-refractivity contribution >= 4 is 10.2 Å². The molecule has 124 valence electrons. The number of piperazine rings is 1. The number of rotatable bonds is 3. The van der Waals surface area contributed by atoms with Gasteiger partial charge in [0.2, 0.25) is 0 Å². The largest absolute Gasteiger partial charge is 0.396 e. The van der Waals surface area contributed by atoms with Gasteiger partial charge in [0.05, 0.1) is 0 Å². The van der Waals surface area contributed by atoms with Crippen LogP contribution < -0.4 is 0 Å². The number of hydrogen-bond acceptors (Lipinski definition) is 4. The molecule has 2 aliphatic heterocycles. The molecule has 2 fully saturated rings. The van der Waals surface area contributed by atoms with Gasteiger partial charge in [-0.1, -0.05) is 0 Å². The van der Waals surface area contributed by atoms with E-state index in [-0.39, 0.29) is 18.1 Å². The summed E-state index contributed by atoms with van der Waals surface area (Å²) in [5.74, 6) is 0.259. The highest BCUT2D eigenvalue weighted by atomic mass is 32.2. The molecule has 0 saturated carbocycles. The normalized spacial score (nSPS) is 25.3. The standard InChI is InChI=1S/C14H29N3O3S/c1-14(2,3)15-8-10-17(11-9-15)21(19,20)16-6-4-13(12-18)5-7-16/h13,18H,4-12H2,1-3H3. The van der Waals surface area contributed by atoms with Crippen LogP contribution in [0.3, 0.4) is 0 Å². The first-order chi connectivity index (χ1) is 9.75. The van der Waals surface area contributed by atoms with Crippen molar-refractivity contribution in [2.24, 2.45) is 5.92 Å². The highest BCUT2D eigenvalue weighted by Gasteiger charge is 2.36. The average Bonchev–Trinajstić information content (AvgIpc) is 2.46. The summed E-state index contributed by atoms with van der Waals surface area (Å²) in [6.07, 6.45) is 1.52. The Kier molecular flexibility index (Phi) is 5.31. The van der Waals surface area contributed by atoms with Crippen molar-refractivity contribution in [2.45, 2.75) is 39.2 Å². The van der Waals surface area contributed by atoms with Crippen LogP contribution in [0.5, 0.6) is 0 Å². The molecule has 0 aromatic carbocycles. The van der Waals surface area contributed by atoms with Gasteiger partial charge in [0, 0.05) is 51.4 Å². The van der Waals surface area contributed by atoms with Crippen molar-refractivity contribution in [3.8, 4) is 0 Å². The Labute approximate surface area is 128 Å². The molecular weight excluding hydrogens is 290 g/mol. The van der Waals surface area contributed by atoms with Crippen LogP contribution in [0.25, 0.3) is 0 Å². The number of aliphatic hydroxyl groups excluding tert-OH is 1. The van der Waals surface area contributed by atoms with Crippen LogP contribution in [0.1, 0.15) is 33.6 Å². The van der Waals surface area contributed by atoms with Gasteiger partial charge in [-0.2, -0.15) is 17.0 Å². The molecule has 0 radical (unpaired) electrons. The Morgan fingerprint density at radius 2 is 1.43 bits per heavy atom. The summed E-state index contributed by atoms with van der Waals surface area (Å²) in [6.45, 7) is 10.4. The Morgan fingerprint density at radius 3 is 1.86 bits per heavy atom. The summed E-state index contributed by atoms with van der Waals surface area (Å²) in [7, 11) is -3.33. The summed E-state index contributed by atoms with van der Waals surface area (Å²) in [4.78, 5) is 2.33. The van der Waals surface area contributed by atoms with Crippen molar-refractivity contribution in [3.05, 3.63) is 0 Å². The summed E-state index contributed by atoms with van der Waals surface area (Å²) < 4.78 is 28.5.